The van der Waals surface area contributed by atoms with Crippen LogP contribution in [0.2, 0.25) is 0 Å². The van der Waals surface area contributed by atoms with Gasteiger partial charge in [-0.05, 0) is 30.7 Å². The maximum Gasteiger partial charge on any atom is 0.0916 e. The second kappa shape index (κ2) is 3.37. The molecule has 1 atom stereocenters. The molecule has 1 aromatic heterocycles. The van der Waals surface area contributed by atoms with E-state index in [4.69, 9.17) is 4.74 Å². The summed E-state index contributed by atoms with van der Waals surface area (Å²) >= 11 is 1.80. The lowest BCUT2D eigenvalue weighted by Gasteiger charge is -2.21. The zero-order valence-electron chi connectivity index (χ0n) is 6.45. The predicted octanol–water partition coefficient (Wildman–Crippen LogP) is 2.99. The van der Waals surface area contributed by atoms with Gasteiger partial charge in [-0.15, -0.1) is 11.3 Å². The van der Waals surface area contributed by atoms with Crippen LogP contribution < -0.4 is 0 Å². The molecule has 11 heavy (non-hydrogen) atoms. The van der Waals surface area contributed by atoms with Gasteiger partial charge in [0.15, 0.2) is 0 Å². The van der Waals surface area contributed by atoms with Crippen molar-refractivity contribution in [1.82, 2.24) is 0 Å². The molecular weight excluding hydrogens is 156 g/mol. The Bertz CT molecular complexity index is 199. The van der Waals surface area contributed by atoms with Gasteiger partial charge in [0.05, 0.1) is 6.10 Å². The third-order valence-corrected chi connectivity index (χ3v) is 3.00. The van der Waals surface area contributed by atoms with Crippen LogP contribution in [0.3, 0.4) is 0 Å². The van der Waals surface area contributed by atoms with E-state index < -0.39 is 0 Å². The van der Waals surface area contributed by atoms with E-state index in [0.717, 1.165) is 6.61 Å². The molecular formula is C9H12OS. The highest BCUT2D eigenvalue weighted by atomic mass is 32.1. The van der Waals surface area contributed by atoms with Crippen molar-refractivity contribution in [2.75, 3.05) is 6.61 Å². The summed E-state index contributed by atoms with van der Waals surface area (Å²) in [6.07, 6.45) is 4.18. The Morgan fingerprint density at radius 1 is 1.45 bits per heavy atom. The highest BCUT2D eigenvalue weighted by Gasteiger charge is 2.15. The van der Waals surface area contributed by atoms with Crippen LogP contribution in [0.5, 0.6) is 0 Å². The maximum atomic E-state index is 5.63. The van der Waals surface area contributed by atoms with Crippen molar-refractivity contribution < 1.29 is 4.74 Å². The van der Waals surface area contributed by atoms with E-state index in [1.807, 2.05) is 0 Å². The molecule has 2 heterocycles. The van der Waals surface area contributed by atoms with Gasteiger partial charge in [0, 0.05) is 11.5 Å². The zero-order valence-corrected chi connectivity index (χ0v) is 7.27. The zero-order chi connectivity index (χ0) is 7.52. The molecule has 60 valence electrons. The molecule has 1 aliphatic heterocycles. The molecule has 1 unspecified atom stereocenters. The monoisotopic (exact) mass is 168 g/mol. The quantitative estimate of drug-likeness (QED) is 0.626. The fourth-order valence-electron chi connectivity index (χ4n) is 1.44. The van der Waals surface area contributed by atoms with Crippen LogP contribution in [0, 0.1) is 0 Å². The van der Waals surface area contributed by atoms with Gasteiger partial charge in [-0.3, -0.25) is 0 Å². The summed E-state index contributed by atoms with van der Waals surface area (Å²) < 4.78 is 5.63. The standard InChI is InChI=1S/C9H12OS/c1-2-6-10-8(4-1)9-5-3-7-11-9/h3,5,7-8H,1-2,4,6H2. The Labute approximate surface area is 71.0 Å². The SMILES string of the molecule is c1csc(C2CCCCO2)c1. The molecule has 0 aromatic carbocycles. The summed E-state index contributed by atoms with van der Waals surface area (Å²) in [5, 5.41) is 2.12. The average Bonchev–Trinajstić information content (AvgIpc) is 2.58. The van der Waals surface area contributed by atoms with Gasteiger partial charge in [0.2, 0.25) is 0 Å². The first-order valence-corrected chi connectivity index (χ1v) is 5.00. The van der Waals surface area contributed by atoms with Crippen molar-refractivity contribution >= 4 is 11.3 Å². The lowest BCUT2D eigenvalue weighted by Crippen LogP contribution is -2.09. The van der Waals surface area contributed by atoms with E-state index >= 15 is 0 Å². The second-order valence-electron chi connectivity index (χ2n) is 2.87. The smallest absolute Gasteiger partial charge is 0.0916 e. The first-order valence-electron chi connectivity index (χ1n) is 4.12. The van der Waals surface area contributed by atoms with Crippen molar-refractivity contribution in [2.24, 2.45) is 0 Å². The fourth-order valence-corrected chi connectivity index (χ4v) is 2.25. The van der Waals surface area contributed by atoms with Crippen molar-refractivity contribution in [2.45, 2.75) is 25.4 Å². The third kappa shape index (κ3) is 1.63. The number of hydrogen-bond acceptors (Lipinski definition) is 2. The molecule has 0 radical (unpaired) electrons. The van der Waals surface area contributed by atoms with Gasteiger partial charge < -0.3 is 4.74 Å². The summed E-state index contributed by atoms with van der Waals surface area (Å²) in [5.41, 5.74) is 0. The summed E-state index contributed by atoms with van der Waals surface area (Å²) in [4.78, 5) is 1.39. The van der Waals surface area contributed by atoms with E-state index in [1.54, 1.807) is 11.3 Å². The van der Waals surface area contributed by atoms with Gasteiger partial charge in [0.25, 0.3) is 0 Å². The van der Waals surface area contributed by atoms with Crippen LogP contribution in [-0.4, -0.2) is 6.61 Å². The van der Waals surface area contributed by atoms with Crippen molar-refractivity contribution in [3.63, 3.8) is 0 Å². The largest absolute Gasteiger partial charge is 0.373 e. The van der Waals surface area contributed by atoms with Crippen molar-refractivity contribution in [3.8, 4) is 0 Å². The molecule has 0 saturated carbocycles. The highest BCUT2D eigenvalue weighted by Crippen LogP contribution is 2.30. The average molecular weight is 168 g/mol. The lowest BCUT2D eigenvalue weighted by molar-refractivity contribution is 0.0172. The van der Waals surface area contributed by atoms with Gasteiger partial charge in [-0.1, -0.05) is 6.07 Å². The second-order valence-corrected chi connectivity index (χ2v) is 3.85. The predicted molar refractivity (Wildman–Crippen MR) is 46.9 cm³/mol. The summed E-state index contributed by atoms with van der Waals surface area (Å²) in [6.45, 7) is 0.947. The lowest BCUT2D eigenvalue weighted by atomic mass is 10.1. The molecule has 1 saturated heterocycles. The molecule has 1 nitrogen and oxygen atoms in total. The molecule has 1 aromatic rings. The van der Waals surface area contributed by atoms with E-state index in [2.05, 4.69) is 17.5 Å². The van der Waals surface area contributed by atoms with E-state index in [9.17, 15) is 0 Å². The van der Waals surface area contributed by atoms with E-state index in [-0.39, 0.29) is 0 Å². The van der Waals surface area contributed by atoms with Crippen LogP contribution >= 0.6 is 11.3 Å². The van der Waals surface area contributed by atoms with Crippen LogP contribution in [0.25, 0.3) is 0 Å². The molecule has 0 amide bonds. The minimum absolute atomic E-state index is 0.406. The van der Waals surface area contributed by atoms with Gasteiger partial charge in [-0.25, -0.2) is 0 Å². The Hall–Kier alpha value is -0.340. The van der Waals surface area contributed by atoms with E-state index in [0.29, 0.717) is 6.10 Å². The van der Waals surface area contributed by atoms with Crippen molar-refractivity contribution in [1.29, 1.82) is 0 Å². The first kappa shape index (κ1) is 7.32. The molecule has 0 spiro atoms. The maximum absolute atomic E-state index is 5.63. The number of hydrogen-bond donors (Lipinski definition) is 0. The topological polar surface area (TPSA) is 9.23 Å². The Kier molecular flexibility index (Phi) is 2.24. The molecule has 0 bridgehead atoms. The summed E-state index contributed by atoms with van der Waals surface area (Å²) in [5.74, 6) is 0. The van der Waals surface area contributed by atoms with Crippen LogP contribution in [0.4, 0.5) is 0 Å². The van der Waals surface area contributed by atoms with Crippen LogP contribution in [0.1, 0.15) is 30.2 Å². The Morgan fingerprint density at radius 3 is 3.09 bits per heavy atom. The fraction of sp³-hybridized carbons (Fsp3) is 0.556. The minimum Gasteiger partial charge on any atom is -0.373 e. The van der Waals surface area contributed by atoms with Crippen molar-refractivity contribution in [3.05, 3.63) is 22.4 Å². The Balaban J connectivity index is 2.04. The Morgan fingerprint density at radius 2 is 2.45 bits per heavy atom. The number of ether oxygens (including phenoxy) is 1. The molecule has 2 rings (SSSR count). The minimum atomic E-state index is 0.406. The summed E-state index contributed by atoms with van der Waals surface area (Å²) in [7, 11) is 0. The van der Waals surface area contributed by atoms with Gasteiger partial charge in [-0.2, -0.15) is 0 Å². The van der Waals surface area contributed by atoms with Crippen LogP contribution in [0.15, 0.2) is 17.5 Å². The first-order chi connectivity index (χ1) is 5.47. The normalized spacial score (nSPS) is 25.3. The number of thiophene rings is 1. The van der Waals surface area contributed by atoms with Gasteiger partial charge in [0.1, 0.15) is 0 Å². The molecule has 0 aliphatic carbocycles. The molecule has 1 aliphatic rings. The third-order valence-electron chi connectivity index (χ3n) is 2.04. The molecule has 0 N–H and O–H groups in total. The van der Waals surface area contributed by atoms with Gasteiger partial charge >= 0.3 is 0 Å². The highest BCUT2D eigenvalue weighted by molar-refractivity contribution is 7.10. The van der Waals surface area contributed by atoms with E-state index in [1.165, 1.54) is 24.1 Å². The molecule has 1 fully saturated rings. The molecule has 2 heteroatoms. The van der Waals surface area contributed by atoms with Crippen LogP contribution in [-0.2, 0) is 4.74 Å². The summed E-state index contributed by atoms with van der Waals surface area (Å²) in [6, 6.07) is 4.26. The number of rotatable bonds is 1.